The molecule has 0 saturated carbocycles. The molecule has 1 N–H and O–H groups in total. The van der Waals surface area contributed by atoms with E-state index in [9.17, 15) is 4.79 Å². The topological polar surface area (TPSA) is 71.2 Å². The van der Waals surface area contributed by atoms with Crippen LogP contribution in [0.2, 0.25) is 0 Å². The van der Waals surface area contributed by atoms with Crippen LogP contribution in [0, 0.1) is 0 Å². The largest absolute Gasteiger partial charge is 0.464 e. The minimum atomic E-state index is -1.00. The van der Waals surface area contributed by atoms with Gasteiger partial charge in [-0.05, 0) is 13.0 Å². The Bertz CT molecular complexity index is 494. The summed E-state index contributed by atoms with van der Waals surface area (Å²) in [7, 11) is 0. The number of hydrogen-bond acceptors (Lipinski definition) is 3. The van der Waals surface area contributed by atoms with Crippen LogP contribution in [0.1, 0.15) is 6.92 Å². The minimum absolute atomic E-state index is 0.369. The van der Waals surface area contributed by atoms with Gasteiger partial charge in [-0.3, -0.25) is 4.68 Å². The Morgan fingerprint density at radius 2 is 2.47 bits per heavy atom. The van der Waals surface area contributed by atoms with E-state index in [1.165, 1.54) is 16.0 Å². The van der Waals surface area contributed by atoms with Gasteiger partial charge in [0.15, 0.2) is 0 Å². The van der Waals surface area contributed by atoms with Crippen molar-refractivity contribution in [3.05, 3.63) is 24.8 Å². The van der Waals surface area contributed by atoms with Gasteiger partial charge < -0.3 is 5.11 Å². The van der Waals surface area contributed by atoms with Crippen LogP contribution in [0.5, 0.6) is 0 Å². The maximum atomic E-state index is 10.9. The first-order chi connectivity index (χ1) is 7.24. The summed E-state index contributed by atoms with van der Waals surface area (Å²) in [4.78, 5) is 18.8. The Labute approximate surface area is 85.8 Å². The fourth-order valence-corrected chi connectivity index (χ4v) is 1.45. The number of rotatable bonds is 2. The molecule has 0 saturated heterocycles. The average Bonchev–Trinajstić information content (AvgIpc) is 2.63. The van der Waals surface area contributed by atoms with Crippen LogP contribution in [-0.4, -0.2) is 32.4 Å². The molecule has 2 aromatic heterocycles. The van der Waals surface area contributed by atoms with Crippen molar-refractivity contribution < 1.29 is 9.90 Å². The van der Waals surface area contributed by atoms with Gasteiger partial charge in [-0.25, -0.2) is 19.8 Å². The quantitative estimate of drug-likeness (QED) is 0.797. The van der Waals surface area contributed by atoms with Gasteiger partial charge in [-0.15, -0.1) is 0 Å². The van der Waals surface area contributed by atoms with Gasteiger partial charge >= 0.3 is 6.09 Å². The second-order valence-electron chi connectivity index (χ2n) is 2.95. The molecule has 6 nitrogen and oxygen atoms in total. The molecule has 15 heavy (non-hydrogen) atoms. The van der Waals surface area contributed by atoms with Crippen molar-refractivity contribution in [2.75, 3.05) is 11.6 Å². The van der Waals surface area contributed by atoms with Crippen LogP contribution in [0.15, 0.2) is 24.8 Å². The maximum absolute atomic E-state index is 10.9. The fraction of sp³-hybridized carbons (Fsp3) is 0.222. The molecule has 0 fully saturated rings. The van der Waals surface area contributed by atoms with E-state index in [4.69, 9.17) is 5.11 Å². The third-order valence-corrected chi connectivity index (χ3v) is 2.12. The first-order valence-corrected chi connectivity index (χ1v) is 4.52. The number of nitrogens with zero attached hydrogens (tertiary/aromatic N) is 4. The van der Waals surface area contributed by atoms with E-state index in [-0.39, 0.29) is 0 Å². The second-order valence-corrected chi connectivity index (χ2v) is 2.95. The second kappa shape index (κ2) is 3.56. The van der Waals surface area contributed by atoms with Gasteiger partial charge in [0, 0.05) is 12.7 Å². The molecular weight excluding hydrogens is 196 g/mol. The Balaban J connectivity index is 2.55. The highest BCUT2D eigenvalue weighted by atomic mass is 16.4. The zero-order chi connectivity index (χ0) is 10.8. The van der Waals surface area contributed by atoms with Crippen LogP contribution < -0.4 is 5.01 Å². The monoisotopic (exact) mass is 206 g/mol. The Morgan fingerprint density at radius 1 is 1.67 bits per heavy atom. The lowest BCUT2D eigenvalue weighted by Crippen LogP contribution is -2.38. The Kier molecular flexibility index (Phi) is 2.24. The van der Waals surface area contributed by atoms with Crippen molar-refractivity contribution in [2.45, 2.75) is 6.92 Å². The molecule has 0 aliphatic heterocycles. The third kappa shape index (κ3) is 1.50. The van der Waals surface area contributed by atoms with E-state index in [1.54, 1.807) is 25.4 Å². The lowest BCUT2D eigenvalue weighted by Gasteiger charge is -2.18. The van der Waals surface area contributed by atoms with Gasteiger partial charge in [-0.1, -0.05) is 0 Å². The summed E-state index contributed by atoms with van der Waals surface area (Å²) >= 11 is 0. The first kappa shape index (κ1) is 9.45. The van der Waals surface area contributed by atoms with Gasteiger partial charge in [-0.2, -0.15) is 0 Å². The smallest absolute Gasteiger partial charge is 0.426 e. The van der Waals surface area contributed by atoms with Crippen molar-refractivity contribution in [3.8, 4) is 0 Å². The van der Waals surface area contributed by atoms with Crippen LogP contribution in [0.4, 0.5) is 4.79 Å². The standard InChI is InChI=1S/C9H10N4O2/c1-2-12(9(14)15)13-4-3-7-8(13)5-10-6-11-7/h3-6H,2H2,1H3,(H,14,15). The summed E-state index contributed by atoms with van der Waals surface area (Å²) in [6.45, 7) is 2.14. The van der Waals surface area contributed by atoms with Crippen LogP contribution in [0.3, 0.4) is 0 Å². The van der Waals surface area contributed by atoms with Crippen LogP contribution in [-0.2, 0) is 0 Å². The predicted octanol–water partition coefficient (Wildman–Crippen LogP) is 1.07. The molecule has 0 bridgehead atoms. The van der Waals surface area contributed by atoms with E-state index >= 15 is 0 Å². The molecule has 0 aliphatic rings. The van der Waals surface area contributed by atoms with E-state index in [0.29, 0.717) is 12.1 Å². The number of carboxylic acid groups (broad SMARTS) is 1. The van der Waals surface area contributed by atoms with Crippen molar-refractivity contribution >= 4 is 17.1 Å². The summed E-state index contributed by atoms with van der Waals surface area (Å²) in [6.07, 6.45) is 3.69. The normalized spacial score (nSPS) is 10.5. The number of carbonyl (C=O) groups is 1. The number of hydrogen-bond donors (Lipinski definition) is 1. The molecule has 2 aromatic rings. The van der Waals surface area contributed by atoms with E-state index in [2.05, 4.69) is 9.97 Å². The number of aromatic nitrogens is 3. The lowest BCUT2D eigenvalue weighted by atomic mass is 10.5. The molecule has 2 rings (SSSR count). The van der Waals surface area contributed by atoms with Crippen molar-refractivity contribution in [1.82, 2.24) is 14.6 Å². The molecule has 0 atom stereocenters. The molecule has 2 heterocycles. The molecule has 78 valence electrons. The lowest BCUT2D eigenvalue weighted by molar-refractivity contribution is 0.195. The Hall–Kier alpha value is -2.11. The molecule has 0 unspecified atom stereocenters. The molecule has 0 aromatic carbocycles. The zero-order valence-electron chi connectivity index (χ0n) is 8.16. The maximum Gasteiger partial charge on any atom is 0.426 e. The molecule has 6 heteroatoms. The SMILES string of the molecule is CCN(C(=O)O)n1ccc2ncncc21. The fourth-order valence-electron chi connectivity index (χ4n) is 1.45. The van der Waals surface area contributed by atoms with E-state index < -0.39 is 6.09 Å². The molecule has 1 amide bonds. The van der Waals surface area contributed by atoms with Crippen LogP contribution >= 0.6 is 0 Å². The summed E-state index contributed by atoms with van der Waals surface area (Å²) < 4.78 is 1.53. The first-order valence-electron chi connectivity index (χ1n) is 4.52. The van der Waals surface area contributed by atoms with E-state index in [1.807, 2.05) is 0 Å². The summed E-state index contributed by atoms with van der Waals surface area (Å²) in [5.74, 6) is 0. The van der Waals surface area contributed by atoms with Gasteiger partial charge in [0.1, 0.15) is 11.8 Å². The van der Waals surface area contributed by atoms with Crippen molar-refractivity contribution in [3.63, 3.8) is 0 Å². The summed E-state index contributed by atoms with van der Waals surface area (Å²) in [5, 5.41) is 10.2. The van der Waals surface area contributed by atoms with E-state index in [0.717, 1.165) is 5.52 Å². The highest BCUT2D eigenvalue weighted by molar-refractivity contribution is 5.81. The molecular formula is C9H10N4O2. The number of amides is 1. The molecule has 0 spiro atoms. The molecule has 0 aliphatic carbocycles. The zero-order valence-corrected chi connectivity index (χ0v) is 8.16. The van der Waals surface area contributed by atoms with Crippen molar-refractivity contribution in [2.24, 2.45) is 0 Å². The summed E-state index contributed by atoms with van der Waals surface area (Å²) in [6, 6.07) is 1.75. The van der Waals surface area contributed by atoms with Gasteiger partial charge in [0.25, 0.3) is 0 Å². The highest BCUT2D eigenvalue weighted by Gasteiger charge is 2.13. The van der Waals surface area contributed by atoms with Gasteiger partial charge in [0.2, 0.25) is 0 Å². The molecule has 0 radical (unpaired) electrons. The van der Waals surface area contributed by atoms with Crippen LogP contribution in [0.25, 0.3) is 11.0 Å². The third-order valence-electron chi connectivity index (χ3n) is 2.12. The predicted molar refractivity (Wildman–Crippen MR) is 54.3 cm³/mol. The highest BCUT2D eigenvalue weighted by Crippen LogP contribution is 2.11. The summed E-state index contributed by atoms with van der Waals surface area (Å²) in [5.41, 5.74) is 1.41. The number of fused-ring (bicyclic) bond motifs is 1. The minimum Gasteiger partial charge on any atom is -0.464 e. The van der Waals surface area contributed by atoms with Crippen molar-refractivity contribution in [1.29, 1.82) is 0 Å². The Morgan fingerprint density at radius 3 is 3.13 bits per heavy atom. The average molecular weight is 206 g/mol. The van der Waals surface area contributed by atoms with Gasteiger partial charge in [0.05, 0.1) is 11.7 Å².